The smallest absolute Gasteiger partial charge is 0.414 e. The summed E-state index contributed by atoms with van der Waals surface area (Å²) < 4.78 is 10.3. The first-order valence-corrected chi connectivity index (χ1v) is 8.61. The Morgan fingerprint density at radius 3 is 2.78 bits per heavy atom. The van der Waals surface area contributed by atoms with Gasteiger partial charge in [0.25, 0.3) is 5.91 Å². The van der Waals surface area contributed by atoms with Crippen LogP contribution >= 0.6 is 0 Å². The van der Waals surface area contributed by atoms with E-state index in [9.17, 15) is 9.59 Å². The molecule has 0 saturated carbocycles. The Labute approximate surface area is 158 Å². The summed E-state index contributed by atoms with van der Waals surface area (Å²) in [6.45, 7) is 3.11. The van der Waals surface area contributed by atoms with Crippen molar-refractivity contribution in [3.05, 3.63) is 59.7 Å². The predicted octanol–water partition coefficient (Wildman–Crippen LogP) is 2.50. The van der Waals surface area contributed by atoms with Gasteiger partial charge < -0.3 is 14.8 Å². The highest BCUT2D eigenvalue weighted by atomic mass is 16.6. The van der Waals surface area contributed by atoms with E-state index in [2.05, 4.69) is 17.2 Å². The number of rotatable bonds is 5. The molecule has 2 amide bonds. The molecule has 2 aromatic carbocycles. The lowest BCUT2D eigenvalue weighted by Crippen LogP contribution is -2.29. The predicted molar refractivity (Wildman–Crippen MR) is 102 cm³/mol. The van der Waals surface area contributed by atoms with Crippen LogP contribution in [-0.2, 0) is 9.53 Å². The molecule has 0 aliphatic carbocycles. The van der Waals surface area contributed by atoms with Crippen LogP contribution in [0.1, 0.15) is 11.1 Å². The Hall–Kier alpha value is -3.46. The summed E-state index contributed by atoms with van der Waals surface area (Å²) in [5.41, 5.74) is 2.66. The number of hydrogen-bond donors (Lipinski definition) is 1. The van der Waals surface area contributed by atoms with E-state index in [1.54, 1.807) is 4.90 Å². The van der Waals surface area contributed by atoms with Crippen molar-refractivity contribution in [1.82, 2.24) is 5.32 Å². The highest BCUT2D eigenvalue weighted by molar-refractivity contribution is 5.89. The van der Waals surface area contributed by atoms with Gasteiger partial charge >= 0.3 is 6.09 Å². The molecule has 1 fully saturated rings. The van der Waals surface area contributed by atoms with Gasteiger partial charge in [-0.25, -0.2) is 4.79 Å². The number of carbonyl (C=O) groups is 2. The number of nitrogens with zero attached hydrogens (tertiary/aromatic N) is 1. The average molecular weight is 364 g/mol. The van der Waals surface area contributed by atoms with Crippen molar-refractivity contribution >= 4 is 17.7 Å². The maximum absolute atomic E-state index is 11.8. The van der Waals surface area contributed by atoms with Gasteiger partial charge in [-0.3, -0.25) is 9.69 Å². The molecule has 1 heterocycles. The van der Waals surface area contributed by atoms with Crippen molar-refractivity contribution in [3.8, 4) is 17.6 Å². The van der Waals surface area contributed by atoms with Gasteiger partial charge in [-0.05, 0) is 48.9 Å². The summed E-state index contributed by atoms with van der Waals surface area (Å²) in [7, 11) is 0. The van der Waals surface area contributed by atoms with E-state index in [0.717, 1.165) is 16.8 Å². The maximum atomic E-state index is 11.8. The number of amides is 2. The summed E-state index contributed by atoms with van der Waals surface area (Å²) in [4.78, 5) is 24.9. The van der Waals surface area contributed by atoms with Crippen LogP contribution in [0.4, 0.5) is 10.5 Å². The quantitative estimate of drug-likeness (QED) is 0.828. The monoisotopic (exact) mass is 364 g/mol. The summed E-state index contributed by atoms with van der Waals surface area (Å²) in [6, 6.07) is 14.8. The van der Waals surface area contributed by atoms with Gasteiger partial charge in [0.15, 0.2) is 6.61 Å². The zero-order chi connectivity index (χ0) is 19.1. The Kier molecular flexibility index (Phi) is 5.95. The van der Waals surface area contributed by atoms with Crippen LogP contribution in [0.25, 0.3) is 0 Å². The SMILES string of the molecule is Cc1cccc(OCC(=O)NCC#Cc2ccc(N3CCOC3=O)cc2)c1. The average Bonchev–Trinajstić information content (AvgIpc) is 3.10. The van der Waals surface area contributed by atoms with Gasteiger partial charge in [-0.1, -0.05) is 24.0 Å². The molecule has 2 aromatic rings. The number of aryl methyl sites for hydroxylation is 1. The molecule has 138 valence electrons. The molecule has 1 aliphatic heterocycles. The molecule has 1 aliphatic rings. The highest BCUT2D eigenvalue weighted by Gasteiger charge is 2.23. The van der Waals surface area contributed by atoms with Crippen LogP contribution in [-0.4, -0.2) is 38.3 Å². The Balaban J connectivity index is 1.43. The number of anilines is 1. The molecule has 0 unspecified atom stereocenters. The minimum atomic E-state index is -0.329. The fraction of sp³-hybridized carbons (Fsp3) is 0.238. The van der Waals surface area contributed by atoms with Crippen molar-refractivity contribution in [2.24, 2.45) is 0 Å². The van der Waals surface area contributed by atoms with Crippen molar-refractivity contribution in [3.63, 3.8) is 0 Å². The third-order valence-corrected chi connectivity index (χ3v) is 3.91. The minimum Gasteiger partial charge on any atom is -0.484 e. The van der Waals surface area contributed by atoms with Crippen LogP contribution in [0.3, 0.4) is 0 Å². The maximum Gasteiger partial charge on any atom is 0.414 e. The summed E-state index contributed by atoms with van der Waals surface area (Å²) >= 11 is 0. The zero-order valence-electron chi connectivity index (χ0n) is 15.0. The van der Waals surface area contributed by atoms with E-state index >= 15 is 0 Å². The molecule has 0 spiro atoms. The first-order chi connectivity index (χ1) is 13.1. The van der Waals surface area contributed by atoms with Crippen LogP contribution in [0.15, 0.2) is 48.5 Å². The van der Waals surface area contributed by atoms with E-state index in [4.69, 9.17) is 9.47 Å². The van der Waals surface area contributed by atoms with Gasteiger partial charge in [0.1, 0.15) is 12.4 Å². The van der Waals surface area contributed by atoms with E-state index in [1.807, 2.05) is 55.5 Å². The molecule has 1 N–H and O–H groups in total. The largest absolute Gasteiger partial charge is 0.484 e. The van der Waals surface area contributed by atoms with Crippen LogP contribution in [0, 0.1) is 18.8 Å². The van der Waals surface area contributed by atoms with Crippen LogP contribution < -0.4 is 15.0 Å². The molecule has 1 saturated heterocycles. The molecule has 6 heteroatoms. The number of carbonyl (C=O) groups excluding carboxylic acids is 2. The Bertz CT molecular complexity index is 881. The number of benzene rings is 2. The minimum absolute atomic E-state index is 0.0498. The first-order valence-electron chi connectivity index (χ1n) is 8.61. The van der Waals surface area contributed by atoms with E-state index in [1.165, 1.54) is 0 Å². The molecule has 0 radical (unpaired) electrons. The second-order valence-corrected chi connectivity index (χ2v) is 6.00. The fourth-order valence-electron chi connectivity index (χ4n) is 2.55. The summed E-state index contributed by atoms with van der Waals surface area (Å²) in [5, 5.41) is 2.69. The van der Waals surface area contributed by atoms with Gasteiger partial charge in [-0.15, -0.1) is 0 Å². The lowest BCUT2D eigenvalue weighted by molar-refractivity contribution is -0.122. The third-order valence-electron chi connectivity index (χ3n) is 3.91. The molecule has 3 rings (SSSR count). The number of ether oxygens (including phenoxy) is 2. The lowest BCUT2D eigenvalue weighted by atomic mass is 10.2. The third kappa shape index (κ3) is 5.25. The highest BCUT2D eigenvalue weighted by Crippen LogP contribution is 2.18. The second kappa shape index (κ2) is 8.77. The Morgan fingerprint density at radius 2 is 2.07 bits per heavy atom. The molecule has 0 aromatic heterocycles. The van der Waals surface area contributed by atoms with E-state index in [0.29, 0.717) is 18.9 Å². The van der Waals surface area contributed by atoms with Crippen molar-refractivity contribution in [1.29, 1.82) is 0 Å². The van der Waals surface area contributed by atoms with Crippen LogP contribution in [0.5, 0.6) is 5.75 Å². The standard InChI is InChI=1S/C21H20N2O4/c1-16-4-2-6-19(14-16)27-15-20(24)22-11-3-5-17-7-9-18(10-8-17)23-12-13-26-21(23)25/h2,4,6-10,14H,11-13,15H2,1H3,(H,22,24). The second-order valence-electron chi connectivity index (χ2n) is 6.00. The summed E-state index contributed by atoms with van der Waals surface area (Å²) in [5.74, 6) is 6.30. The molecule has 27 heavy (non-hydrogen) atoms. The van der Waals surface area contributed by atoms with Crippen molar-refractivity contribution in [2.75, 3.05) is 31.2 Å². The number of hydrogen-bond acceptors (Lipinski definition) is 4. The molecule has 6 nitrogen and oxygen atoms in total. The van der Waals surface area contributed by atoms with Crippen molar-refractivity contribution < 1.29 is 19.1 Å². The van der Waals surface area contributed by atoms with Gasteiger partial charge in [0.2, 0.25) is 0 Å². The molecule has 0 bridgehead atoms. The first kappa shape index (κ1) is 18.3. The molecule has 0 atom stereocenters. The van der Waals surface area contributed by atoms with Gasteiger partial charge in [0.05, 0.1) is 13.1 Å². The normalized spacial score (nSPS) is 12.8. The van der Waals surface area contributed by atoms with Crippen LogP contribution in [0.2, 0.25) is 0 Å². The topological polar surface area (TPSA) is 67.9 Å². The zero-order valence-corrected chi connectivity index (χ0v) is 15.0. The van der Waals surface area contributed by atoms with Gasteiger partial charge in [0, 0.05) is 11.3 Å². The number of cyclic esters (lactones) is 1. The van der Waals surface area contributed by atoms with E-state index < -0.39 is 0 Å². The Morgan fingerprint density at radius 1 is 1.26 bits per heavy atom. The lowest BCUT2D eigenvalue weighted by Gasteiger charge is -2.11. The summed E-state index contributed by atoms with van der Waals surface area (Å²) in [6.07, 6.45) is -0.329. The number of nitrogens with one attached hydrogen (secondary N) is 1. The molecular formula is C21H20N2O4. The van der Waals surface area contributed by atoms with Gasteiger partial charge in [-0.2, -0.15) is 0 Å². The molecular weight excluding hydrogens is 344 g/mol. The van der Waals surface area contributed by atoms with Crippen molar-refractivity contribution in [2.45, 2.75) is 6.92 Å². The van der Waals surface area contributed by atoms with E-state index in [-0.39, 0.29) is 25.2 Å². The fourth-order valence-corrected chi connectivity index (χ4v) is 2.55.